The van der Waals surface area contributed by atoms with Crippen LogP contribution in [0.4, 0.5) is 4.39 Å². The van der Waals surface area contributed by atoms with Gasteiger partial charge in [-0.3, -0.25) is 0 Å². The number of nitrogens with zero attached hydrogens (tertiary/aromatic N) is 1. The largest absolute Gasteiger partial charge is 0.380 e. The molecule has 2 unspecified atom stereocenters. The molecule has 12 heavy (non-hydrogen) atoms. The highest BCUT2D eigenvalue weighted by Gasteiger charge is 2.42. The highest BCUT2D eigenvalue weighted by Crippen LogP contribution is 2.26. The minimum Gasteiger partial charge on any atom is -0.380 e. The second-order valence-corrected chi connectivity index (χ2v) is 3.45. The minimum absolute atomic E-state index is 0.0648. The molecule has 68 valence electrons. The van der Waals surface area contributed by atoms with Gasteiger partial charge in [0.1, 0.15) is 14.0 Å². The molecule has 4 atom stereocenters. The van der Waals surface area contributed by atoms with Gasteiger partial charge in [-0.25, -0.2) is 4.39 Å². The lowest BCUT2D eigenvalue weighted by atomic mass is 9.92. The molecule has 4 heteroatoms. The van der Waals surface area contributed by atoms with Crippen LogP contribution in [0.25, 0.3) is 0 Å². The smallest absolute Gasteiger partial charge is 0.135 e. The summed E-state index contributed by atoms with van der Waals surface area (Å²) in [4.78, 5) is 1.84. The molecule has 0 spiro atoms. The first-order valence-electron chi connectivity index (χ1n) is 4.29. The average molecular weight is 171 g/mol. The molecule has 0 saturated carbocycles. The van der Waals surface area contributed by atoms with E-state index >= 15 is 0 Å². The van der Waals surface area contributed by atoms with E-state index in [9.17, 15) is 4.39 Å². The molecule has 0 aromatic rings. The highest BCUT2D eigenvalue weighted by molar-refractivity contribution is 6.11. The maximum absolute atomic E-state index is 13.4. The number of hydrogen-bond donors (Lipinski definition) is 0. The normalized spacial score (nSPS) is 42.4. The fraction of sp³-hybridized carbons (Fsp3) is 1.00. The summed E-state index contributed by atoms with van der Waals surface area (Å²) in [6.45, 7) is 1.98. The summed E-state index contributed by atoms with van der Waals surface area (Å²) in [5.74, 6) is 0. The molecule has 1 aliphatic rings. The molecule has 1 fully saturated rings. The Labute approximate surface area is 74.5 Å². The van der Waals surface area contributed by atoms with E-state index in [0.29, 0.717) is 0 Å². The Bertz CT molecular complexity index is 156. The predicted molar refractivity (Wildman–Crippen MR) is 47.1 cm³/mol. The summed E-state index contributed by atoms with van der Waals surface area (Å²) in [7, 11) is 9.15. The molecule has 1 rings (SSSR count). The van der Waals surface area contributed by atoms with E-state index in [1.807, 2.05) is 25.9 Å². The molecule has 0 aromatic carbocycles. The third kappa shape index (κ3) is 1.64. The monoisotopic (exact) mass is 171 g/mol. The fourth-order valence-corrected chi connectivity index (χ4v) is 1.71. The van der Waals surface area contributed by atoms with Crippen LogP contribution < -0.4 is 0 Å². The Morgan fingerprint density at radius 1 is 1.50 bits per heavy atom. The van der Waals surface area contributed by atoms with Gasteiger partial charge in [-0.2, -0.15) is 0 Å². The van der Waals surface area contributed by atoms with Gasteiger partial charge in [-0.15, -0.1) is 0 Å². The van der Waals surface area contributed by atoms with Crippen molar-refractivity contribution in [2.24, 2.45) is 0 Å². The maximum Gasteiger partial charge on any atom is 0.135 e. The lowest BCUT2D eigenvalue weighted by Gasteiger charge is -2.25. The van der Waals surface area contributed by atoms with Crippen molar-refractivity contribution in [3.05, 3.63) is 0 Å². The van der Waals surface area contributed by atoms with Crippen LogP contribution in [0.2, 0.25) is 0 Å². The van der Waals surface area contributed by atoms with Gasteiger partial charge in [0, 0.05) is 6.00 Å². The van der Waals surface area contributed by atoms with Gasteiger partial charge in [0.25, 0.3) is 0 Å². The first-order valence-corrected chi connectivity index (χ1v) is 4.29. The van der Waals surface area contributed by atoms with Crippen LogP contribution in [0.15, 0.2) is 0 Å². The van der Waals surface area contributed by atoms with Crippen LogP contribution in [0.5, 0.6) is 0 Å². The highest BCUT2D eigenvalue weighted by atomic mass is 19.1. The molecule has 2 nitrogen and oxygen atoms in total. The maximum atomic E-state index is 13.4. The zero-order chi connectivity index (χ0) is 9.30. The Balaban J connectivity index is 2.66. The first-order chi connectivity index (χ1) is 5.57. The van der Waals surface area contributed by atoms with Gasteiger partial charge >= 0.3 is 0 Å². The van der Waals surface area contributed by atoms with E-state index in [-0.39, 0.29) is 12.1 Å². The van der Waals surface area contributed by atoms with E-state index in [1.165, 1.54) is 0 Å². The molecule has 0 N–H and O–H groups in total. The average Bonchev–Trinajstić information content (AvgIpc) is 2.28. The lowest BCUT2D eigenvalue weighted by Crippen LogP contribution is -2.41. The van der Waals surface area contributed by atoms with Crippen LogP contribution in [0.3, 0.4) is 0 Å². The molecule has 1 saturated heterocycles. The van der Waals surface area contributed by atoms with Gasteiger partial charge < -0.3 is 9.64 Å². The Hall–Kier alpha value is -0.0851. The molecular formula is C8H15BFNO. The quantitative estimate of drug-likeness (QED) is 0.562. The molecule has 2 radical (unpaired) electrons. The summed E-state index contributed by atoms with van der Waals surface area (Å²) < 4.78 is 18.6. The number of rotatable bonds is 2. The number of likely N-dealkylation sites (N-methyl/N-ethyl adjacent to an activating group) is 1. The van der Waals surface area contributed by atoms with E-state index in [1.54, 1.807) is 0 Å². The number of alkyl halides is 1. The first kappa shape index (κ1) is 10.00. The van der Waals surface area contributed by atoms with Crippen LogP contribution >= 0.6 is 0 Å². The SMILES string of the molecule is [B][C@@H]1O[C@H](CC)C(N(C)C)C1F. The van der Waals surface area contributed by atoms with Crippen molar-refractivity contribution in [2.75, 3.05) is 14.1 Å². The number of halogens is 1. The second kappa shape index (κ2) is 3.75. The van der Waals surface area contributed by atoms with Gasteiger partial charge in [0.05, 0.1) is 12.1 Å². The Morgan fingerprint density at radius 2 is 2.08 bits per heavy atom. The van der Waals surface area contributed by atoms with E-state index < -0.39 is 12.2 Å². The summed E-state index contributed by atoms with van der Waals surface area (Å²) in [5.41, 5.74) is 0. The predicted octanol–water partition coefficient (Wildman–Crippen LogP) is 0.558. The van der Waals surface area contributed by atoms with Gasteiger partial charge in [0.2, 0.25) is 0 Å². The molecule has 0 amide bonds. The van der Waals surface area contributed by atoms with Crippen molar-refractivity contribution in [3.8, 4) is 0 Å². The van der Waals surface area contributed by atoms with Crippen LogP contribution in [-0.4, -0.2) is 51.2 Å². The molecule has 0 aliphatic carbocycles. The third-order valence-corrected chi connectivity index (χ3v) is 2.35. The van der Waals surface area contributed by atoms with Crippen LogP contribution in [0, 0.1) is 0 Å². The molecular weight excluding hydrogens is 156 g/mol. The summed E-state index contributed by atoms with van der Waals surface area (Å²) in [5, 5.41) is 0. The second-order valence-electron chi connectivity index (χ2n) is 3.45. The van der Waals surface area contributed by atoms with E-state index in [0.717, 1.165) is 6.42 Å². The molecule has 0 aromatic heterocycles. The standard InChI is InChI=1S/C8H15BFNO/c1-4-5-7(11(2)3)6(10)8(9)12-5/h5-8H,4H2,1-3H3/t5-,6?,7?,8-/m1/s1. The number of hydrogen-bond acceptors (Lipinski definition) is 2. The summed E-state index contributed by atoms with van der Waals surface area (Å²) in [6.07, 6.45) is -0.327. The Morgan fingerprint density at radius 3 is 2.42 bits per heavy atom. The van der Waals surface area contributed by atoms with Gasteiger partial charge in [-0.05, 0) is 20.5 Å². The van der Waals surface area contributed by atoms with E-state index in [2.05, 4.69) is 0 Å². The number of ether oxygens (including phenoxy) is 1. The lowest BCUT2D eigenvalue weighted by molar-refractivity contribution is 0.0579. The minimum atomic E-state index is -1.06. The van der Waals surface area contributed by atoms with Crippen molar-refractivity contribution in [3.63, 3.8) is 0 Å². The third-order valence-electron chi connectivity index (χ3n) is 2.35. The van der Waals surface area contributed by atoms with Crippen molar-refractivity contribution < 1.29 is 9.13 Å². The summed E-state index contributed by atoms with van der Waals surface area (Å²) >= 11 is 0. The zero-order valence-corrected chi connectivity index (χ0v) is 7.83. The van der Waals surface area contributed by atoms with Crippen molar-refractivity contribution in [2.45, 2.75) is 37.7 Å². The van der Waals surface area contributed by atoms with Gasteiger partial charge in [0.15, 0.2) is 0 Å². The zero-order valence-electron chi connectivity index (χ0n) is 7.83. The van der Waals surface area contributed by atoms with Crippen molar-refractivity contribution in [1.29, 1.82) is 0 Å². The topological polar surface area (TPSA) is 12.5 Å². The fourth-order valence-electron chi connectivity index (χ4n) is 1.71. The van der Waals surface area contributed by atoms with Crippen molar-refractivity contribution in [1.82, 2.24) is 4.90 Å². The van der Waals surface area contributed by atoms with Crippen LogP contribution in [-0.2, 0) is 4.74 Å². The molecule has 1 aliphatic heterocycles. The van der Waals surface area contributed by atoms with Crippen LogP contribution in [0.1, 0.15) is 13.3 Å². The molecule has 0 bridgehead atoms. The van der Waals surface area contributed by atoms with Gasteiger partial charge in [-0.1, -0.05) is 6.92 Å². The molecule has 1 heterocycles. The van der Waals surface area contributed by atoms with E-state index in [4.69, 9.17) is 12.6 Å². The summed E-state index contributed by atoms with van der Waals surface area (Å²) in [6, 6.07) is -0.938. The Kier molecular flexibility index (Phi) is 3.12. The van der Waals surface area contributed by atoms with Crippen molar-refractivity contribution >= 4 is 7.85 Å².